The zero-order chi connectivity index (χ0) is 15.6. The third kappa shape index (κ3) is 2.62. The van der Waals surface area contributed by atoms with Crippen LogP contribution in [-0.2, 0) is 0 Å². The second kappa shape index (κ2) is 5.69. The van der Waals surface area contributed by atoms with Crippen LogP contribution in [-0.4, -0.2) is 17.8 Å². The third-order valence-corrected chi connectivity index (χ3v) is 3.80. The molecule has 0 spiro atoms. The van der Waals surface area contributed by atoms with Gasteiger partial charge in [-0.15, -0.1) is 0 Å². The van der Waals surface area contributed by atoms with Gasteiger partial charge >= 0.3 is 0 Å². The van der Waals surface area contributed by atoms with Crippen molar-refractivity contribution in [2.75, 3.05) is 0 Å². The minimum absolute atomic E-state index is 0.690. The maximum Gasteiger partial charge on any atom is 0.160 e. The molecule has 0 saturated heterocycles. The first kappa shape index (κ1) is 13.7. The van der Waals surface area contributed by atoms with Crippen molar-refractivity contribution in [3.8, 4) is 22.6 Å². The Morgan fingerprint density at radius 3 is 2.22 bits per heavy atom. The van der Waals surface area contributed by atoms with Gasteiger partial charge in [0.05, 0.1) is 11.2 Å². The highest BCUT2D eigenvalue weighted by atomic mass is 14.9. The molecule has 2 nitrogen and oxygen atoms in total. The Balaban J connectivity index is 2.01. The van der Waals surface area contributed by atoms with Gasteiger partial charge in [0.2, 0.25) is 0 Å². The number of benzene rings is 3. The van der Waals surface area contributed by atoms with E-state index in [1.54, 1.807) is 0 Å². The van der Waals surface area contributed by atoms with Crippen LogP contribution in [0.4, 0.5) is 0 Å². The fraction of sp³-hybridized carbons (Fsp3) is 0. The number of aromatic nitrogens is 2. The quantitative estimate of drug-likeness (QED) is 0.526. The zero-order valence-electron chi connectivity index (χ0n) is 12.5. The molecule has 106 valence electrons. The van der Waals surface area contributed by atoms with Crippen LogP contribution in [0.25, 0.3) is 33.5 Å². The molecule has 0 N–H and O–H groups in total. The molecular formula is C20H13BN2. The lowest BCUT2D eigenvalue weighted by molar-refractivity contribution is 1.23. The Morgan fingerprint density at radius 1 is 0.652 bits per heavy atom. The lowest BCUT2D eigenvalue weighted by atomic mass is 9.94. The van der Waals surface area contributed by atoms with Gasteiger partial charge in [-0.3, -0.25) is 0 Å². The van der Waals surface area contributed by atoms with Gasteiger partial charge in [0.1, 0.15) is 7.85 Å². The third-order valence-electron chi connectivity index (χ3n) is 3.80. The summed E-state index contributed by atoms with van der Waals surface area (Å²) < 4.78 is 0. The first-order valence-corrected chi connectivity index (χ1v) is 7.49. The monoisotopic (exact) mass is 292 g/mol. The predicted molar refractivity (Wildman–Crippen MR) is 95.8 cm³/mol. The lowest BCUT2D eigenvalue weighted by Gasteiger charge is -2.09. The largest absolute Gasteiger partial charge is 0.228 e. The van der Waals surface area contributed by atoms with E-state index in [2.05, 4.69) is 18.2 Å². The average molecular weight is 292 g/mol. The smallest absolute Gasteiger partial charge is 0.160 e. The van der Waals surface area contributed by atoms with Crippen LogP contribution in [0.5, 0.6) is 0 Å². The van der Waals surface area contributed by atoms with Gasteiger partial charge < -0.3 is 0 Å². The number of hydrogen-bond donors (Lipinski definition) is 0. The van der Waals surface area contributed by atoms with Crippen LogP contribution in [0, 0.1) is 0 Å². The van der Waals surface area contributed by atoms with E-state index in [-0.39, 0.29) is 0 Å². The molecule has 0 atom stereocenters. The van der Waals surface area contributed by atoms with Gasteiger partial charge in [-0.2, -0.15) is 0 Å². The highest BCUT2D eigenvalue weighted by molar-refractivity contribution is 6.32. The summed E-state index contributed by atoms with van der Waals surface area (Å²) >= 11 is 0. The molecule has 0 amide bonds. The van der Waals surface area contributed by atoms with Crippen LogP contribution in [0.3, 0.4) is 0 Å². The van der Waals surface area contributed by atoms with E-state index in [1.807, 2.05) is 60.7 Å². The molecule has 0 aliphatic heterocycles. The number of para-hydroxylation sites is 1. The first-order valence-electron chi connectivity index (χ1n) is 7.49. The maximum absolute atomic E-state index is 5.90. The van der Waals surface area contributed by atoms with Gasteiger partial charge in [0.25, 0.3) is 0 Å². The molecule has 4 aromatic rings. The summed E-state index contributed by atoms with van der Waals surface area (Å²) in [5.41, 5.74) is 4.58. The Hall–Kier alpha value is -2.94. The number of hydrogen-bond acceptors (Lipinski definition) is 2. The Bertz CT molecular complexity index is 981. The SMILES string of the molecule is [B]c1cccc(-c2nc(-c3ccccc3)c3ccccc3n2)c1. The molecular weight excluding hydrogens is 279 g/mol. The number of fused-ring (bicyclic) bond motifs is 1. The summed E-state index contributed by atoms with van der Waals surface area (Å²) in [5, 5.41) is 1.05. The molecule has 23 heavy (non-hydrogen) atoms. The molecule has 2 radical (unpaired) electrons. The average Bonchev–Trinajstić information content (AvgIpc) is 2.61. The van der Waals surface area contributed by atoms with E-state index in [1.165, 1.54) is 0 Å². The van der Waals surface area contributed by atoms with E-state index in [0.717, 1.165) is 27.7 Å². The Labute approximate surface area is 136 Å². The molecule has 0 aliphatic carbocycles. The Kier molecular flexibility index (Phi) is 3.39. The van der Waals surface area contributed by atoms with Crippen molar-refractivity contribution in [1.29, 1.82) is 0 Å². The summed E-state index contributed by atoms with van der Waals surface area (Å²) in [7, 11) is 5.90. The second-order valence-corrected chi connectivity index (χ2v) is 5.40. The summed E-state index contributed by atoms with van der Waals surface area (Å²) in [6.45, 7) is 0. The van der Waals surface area contributed by atoms with Crippen LogP contribution < -0.4 is 5.46 Å². The molecule has 0 unspecified atom stereocenters. The van der Waals surface area contributed by atoms with Crippen molar-refractivity contribution in [3.63, 3.8) is 0 Å². The Morgan fingerprint density at radius 2 is 1.39 bits per heavy atom. The molecule has 4 rings (SSSR count). The number of rotatable bonds is 2. The van der Waals surface area contributed by atoms with E-state index >= 15 is 0 Å². The van der Waals surface area contributed by atoms with E-state index in [0.29, 0.717) is 11.3 Å². The highest BCUT2D eigenvalue weighted by Gasteiger charge is 2.10. The first-order chi connectivity index (χ1) is 11.3. The molecule has 3 heteroatoms. The topological polar surface area (TPSA) is 25.8 Å². The van der Waals surface area contributed by atoms with E-state index in [4.69, 9.17) is 17.8 Å². The molecule has 0 fully saturated rings. The lowest BCUT2D eigenvalue weighted by Crippen LogP contribution is -2.02. The van der Waals surface area contributed by atoms with Crippen LogP contribution in [0.15, 0.2) is 78.9 Å². The van der Waals surface area contributed by atoms with Crippen molar-refractivity contribution < 1.29 is 0 Å². The van der Waals surface area contributed by atoms with Crippen LogP contribution >= 0.6 is 0 Å². The van der Waals surface area contributed by atoms with Gasteiger partial charge in [0, 0.05) is 16.5 Å². The van der Waals surface area contributed by atoms with Gasteiger partial charge in [-0.05, 0) is 6.07 Å². The van der Waals surface area contributed by atoms with Crippen molar-refractivity contribution in [3.05, 3.63) is 78.9 Å². The normalized spacial score (nSPS) is 10.8. The highest BCUT2D eigenvalue weighted by Crippen LogP contribution is 2.28. The molecule has 0 bridgehead atoms. The molecule has 1 heterocycles. The predicted octanol–water partition coefficient (Wildman–Crippen LogP) is 3.76. The van der Waals surface area contributed by atoms with Crippen molar-refractivity contribution in [2.24, 2.45) is 0 Å². The number of nitrogens with zero attached hydrogens (tertiary/aromatic N) is 2. The van der Waals surface area contributed by atoms with Crippen LogP contribution in [0.1, 0.15) is 0 Å². The van der Waals surface area contributed by atoms with Gasteiger partial charge in [-0.1, -0.05) is 78.3 Å². The summed E-state index contributed by atoms with van der Waals surface area (Å²) in [6.07, 6.45) is 0. The maximum atomic E-state index is 5.90. The zero-order valence-corrected chi connectivity index (χ0v) is 12.5. The minimum Gasteiger partial charge on any atom is -0.228 e. The van der Waals surface area contributed by atoms with Crippen LogP contribution in [0.2, 0.25) is 0 Å². The molecule has 0 saturated carbocycles. The van der Waals surface area contributed by atoms with E-state index < -0.39 is 0 Å². The summed E-state index contributed by atoms with van der Waals surface area (Å²) in [5.74, 6) is 0.690. The summed E-state index contributed by atoms with van der Waals surface area (Å²) in [4.78, 5) is 9.52. The van der Waals surface area contributed by atoms with Crippen molar-refractivity contribution >= 4 is 24.2 Å². The summed E-state index contributed by atoms with van der Waals surface area (Å²) in [6, 6.07) is 25.9. The standard InChI is InChI=1S/C20H13BN2/c21-16-10-6-9-15(13-16)20-22-18-12-5-4-11-17(18)19(23-20)14-7-2-1-3-8-14/h1-13H. The fourth-order valence-corrected chi connectivity index (χ4v) is 2.70. The minimum atomic E-state index is 0.690. The molecule has 1 aromatic heterocycles. The molecule has 3 aromatic carbocycles. The second-order valence-electron chi connectivity index (χ2n) is 5.40. The van der Waals surface area contributed by atoms with Gasteiger partial charge in [0.15, 0.2) is 5.82 Å². The van der Waals surface area contributed by atoms with Gasteiger partial charge in [-0.25, -0.2) is 9.97 Å². The molecule has 0 aliphatic rings. The van der Waals surface area contributed by atoms with Crippen molar-refractivity contribution in [1.82, 2.24) is 9.97 Å². The van der Waals surface area contributed by atoms with E-state index in [9.17, 15) is 0 Å². The fourth-order valence-electron chi connectivity index (χ4n) is 2.70. The van der Waals surface area contributed by atoms with Crippen molar-refractivity contribution in [2.45, 2.75) is 0 Å².